The minimum absolute atomic E-state index is 0.0116. The monoisotopic (exact) mass is 268 g/mol. The van der Waals surface area contributed by atoms with Gasteiger partial charge in [-0.25, -0.2) is 4.39 Å². The molecule has 0 radical (unpaired) electrons. The second-order valence-corrected chi connectivity index (χ2v) is 4.47. The van der Waals surface area contributed by atoms with Crippen molar-refractivity contribution in [2.24, 2.45) is 7.05 Å². The van der Waals surface area contributed by atoms with Crippen LogP contribution in [0.3, 0.4) is 0 Å². The van der Waals surface area contributed by atoms with E-state index in [9.17, 15) is 4.39 Å². The summed E-state index contributed by atoms with van der Waals surface area (Å²) in [6, 6.07) is 10.1. The van der Waals surface area contributed by atoms with Crippen LogP contribution in [0.4, 0.5) is 10.1 Å². The van der Waals surface area contributed by atoms with E-state index in [1.807, 2.05) is 24.6 Å². The van der Waals surface area contributed by atoms with Crippen molar-refractivity contribution in [1.82, 2.24) is 4.57 Å². The number of benzene rings is 1. The lowest BCUT2D eigenvalue weighted by Gasteiger charge is -2.07. The predicted octanol–water partition coefficient (Wildman–Crippen LogP) is 2.83. The van der Waals surface area contributed by atoms with E-state index in [4.69, 9.17) is 10.5 Å². The first-order valence-electron chi connectivity index (χ1n) is 6.05. The third-order valence-corrected chi connectivity index (χ3v) is 3.32. The van der Waals surface area contributed by atoms with Crippen molar-refractivity contribution in [3.8, 4) is 12.1 Å². The highest BCUT2D eigenvalue weighted by molar-refractivity contribution is 5.50. The number of halogens is 1. The second kappa shape index (κ2) is 5.46. The van der Waals surface area contributed by atoms with Crippen LogP contribution in [0.2, 0.25) is 0 Å². The fraction of sp³-hybridized carbons (Fsp3) is 0.200. The van der Waals surface area contributed by atoms with E-state index in [2.05, 4.69) is 11.4 Å². The first kappa shape index (κ1) is 13.6. The summed E-state index contributed by atoms with van der Waals surface area (Å²) in [5, 5.41) is 20.9. The number of hydrogen-bond donors (Lipinski definition) is 1. The molecule has 0 aliphatic heterocycles. The van der Waals surface area contributed by atoms with Gasteiger partial charge >= 0.3 is 0 Å². The van der Waals surface area contributed by atoms with E-state index >= 15 is 0 Å². The zero-order valence-electron chi connectivity index (χ0n) is 11.2. The van der Waals surface area contributed by atoms with E-state index in [1.165, 1.54) is 12.1 Å². The maximum absolute atomic E-state index is 13.2. The molecular formula is C15H13FN4. The van der Waals surface area contributed by atoms with Crippen LogP contribution < -0.4 is 5.32 Å². The number of hydrogen-bond acceptors (Lipinski definition) is 3. The third kappa shape index (κ3) is 2.48. The maximum atomic E-state index is 13.2. The molecule has 0 atom stereocenters. The molecule has 0 aliphatic rings. The second-order valence-electron chi connectivity index (χ2n) is 4.47. The molecule has 0 saturated carbocycles. The van der Waals surface area contributed by atoms with Gasteiger partial charge in [-0.3, -0.25) is 0 Å². The van der Waals surface area contributed by atoms with Crippen LogP contribution in [-0.4, -0.2) is 4.57 Å². The molecule has 2 aromatic rings. The minimum atomic E-state index is -0.527. The predicted molar refractivity (Wildman–Crippen MR) is 73.3 cm³/mol. The van der Waals surface area contributed by atoms with Gasteiger partial charge in [-0.2, -0.15) is 10.5 Å². The molecule has 4 nitrogen and oxygen atoms in total. The number of aromatic nitrogens is 1. The minimum Gasteiger partial charge on any atom is -0.381 e. The number of nitrogens with zero attached hydrogens (tertiary/aromatic N) is 3. The van der Waals surface area contributed by atoms with Gasteiger partial charge in [0, 0.05) is 25.0 Å². The molecule has 0 bridgehead atoms. The molecule has 2 rings (SSSR count). The third-order valence-electron chi connectivity index (χ3n) is 3.32. The Morgan fingerprint density at radius 3 is 2.60 bits per heavy atom. The van der Waals surface area contributed by atoms with Crippen LogP contribution in [0, 0.1) is 35.4 Å². The molecule has 1 aromatic carbocycles. The lowest BCUT2D eigenvalue weighted by atomic mass is 10.2. The van der Waals surface area contributed by atoms with Gasteiger partial charge in [0.2, 0.25) is 0 Å². The Kier molecular flexibility index (Phi) is 3.72. The van der Waals surface area contributed by atoms with Crippen LogP contribution in [0.1, 0.15) is 22.5 Å². The Morgan fingerprint density at radius 1 is 1.25 bits per heavy atom. The fourth-order valence-corrected chi connectivity index (χ4v) is 1.97. The van der Waals surface area contributed by atoms with Gasteiger partial charge in [0.15, 0.2) is 0 Å². The van der Waals surface area contributed by atoms with Gasteiger partial charge in [0.05, 0.1) is 5.56 Å². The largest absolute Gasteiger partial charge is 0.381 e. The van der Waals surface area contributed by atoms with Crippen LogP contribution in [0.15, 0.2) is 24.3 Å². The topological polar surface area (TPSA) is 64.5 Å². The summed E-state index contributed by atoms with van der Waals surface area (Å²) >= 11 is 0. The standard InChI is InChI=1S/C15H13FN4/c1-10-12(6-14(8-18)20(10)2)9-19-13-3-4-15(16)11(5-13)7-17/h3-6,19H,9H2,1-2H3. The highest BCUT2D eigenvalue weighted by Crippen LogP contribution is 2.18. The van der Waals surface area contributed by atoms with E-state index < -0.39 is 5.82 Å². The number of nitriles is 2. The zero-order chi connectivity index (χ0) is 14.7. The molecular weight excluding hydrogens is 255 g/mol. The fourth-order valence-electron chi connectivity index (χ4n) is 1.97. The van der Waals surface area contributed by atoms with Gasteiger partial charge in [0.1, 0.15) is 23.6 Å². The van der Waals surface area contributed by atoms with Crippen molar-refractivity contribution in [1.29, 1.82) is 10.5 Å². The van der Waals surface area contributed by atoms with E-state index in [0.29, 0.717) is 17.9 Å². The lowest BCUT2D eigenvalue weighted by molar-refractivity contribution is 0.624. The molecule has 1 heterocycles. The molecule has 0 fully saturated rings. The first-order valence-corrected chi connectivity index (χ1v) is 6.05. The van der Waals surface area contributed by atoms with E-state index in [0.717, 1.165) is 11.3 Å². The molecule has 0 saturated heterocycles. The molecule has 0 spiro atoms. The number of nitrogens with one attached hydrogen (secondary N) is 1. The van der Waals surface area contributed by atoms with Crippen molar-refractivity contribution in [2.45, 2.75) is 13.5 Å². The average Bonchev–Trinajstić information content (AvgIpc) is 2.74. The van der Waals surface area contributed by atoms with Crippen molar-refractivity contribution < 1.29 is 4.39 Å². The van der Waals surface area contributed by atoms with Crippen LogP contribution in [0.5, 0.6) is 0 Å². The molecule has 0 amide bonds. The van der Waals surface area contributed by atoms with Gasteiger partial charge in [-0.15, -0.1) is 0 Å². The summed E-state index contributed by atoms with van der Waals surface area (Å²) in [7, 11) is 1.84. The van der Waals surface area contributed by atoms with Gasteiger partial charge < -0.3 is 9.88 Å². The molecule has 1 aromatic heterocycles. The Labute approximate surface area is 116 Å². The van der Waals surface area contributed by atoms with Crippen LogP contribution in [-0.2, 0) is 13.6 Å². The summed E-state index contributed by atoms with van der Waals surface area (Å²) in [6.45, 7) is 2.45. The maximum Gasteiger partial charge on any atom is 0.141 e. The van der Waals surface area contributed by atoms with Crippen molar-refractivity contribution in [2.75, 3.05) is 5.32 Å². The summed E-state index contributed by atoms with van der Waals surface area (Å²) in [5.41, 5.74) is 3.27. The van der Waals surface area contributed by atoms with Crippen LogP contribution in [0.25, 0.3) is 0 Å². The molecule has 0 aliphatic carbocycles. The molecule has 1 N–H and O–H groups in total. The van der Waals surface area contributed by atoms with Crippen LogP contribution >= 0.6 is 0 Å². The van der Waals surface area contributed by atoms with Gasteiger partial charge in [-0.05, 0) is 36.8 Å². The summed E-state index contributed by atoms with van der Waals surface area (Å²) < 4.78 is 15.0. The van der Waals surface area contributed by atoms with Crippen molar-refractivity contribution >= 4 is 5.69 Å². The molecule has 20 heavy (non-hydrogen) atoms. The van der Waals surface area contributed by atoms with Crippen molar-refractivity contribution in [3.63, 3.8) is 0 Å². The Morgan fingerprint density at radius 2 is 2.00 bits per heavy atom. The summed E-state index contributed by atoms with van der Waals surface area (Å²) in [4.78, 5) is 0. The highest BCUT2D eigenvalue weighted by Gasteiger charge is 2.09. The molecule has 5 heteroatoms. The quantitative estimate of drug-likeness (QED) is 0.930. The zero-order valence-corrected chi connectivity index (χ0v) is 11.2. The Balaban J connectivity index is 2.18. The van der Waals surface area contributed by atoms with E-state index in [-0.39, 0.29) is 5.56 Å². The van der Waals surface area contributed by atoms with Gasteiger partial charge in [0.25, 0.3) is 0 Å². The summed E-state index contributed by atoms with van der Waals surface area (Å²) in [6.07, 6.45) is 0. The first-order chi connectivity index (χ1) is 9.56. The average molecular weight is 268 g/mol. The molecule has 0 unspecified atom stereocenters. The lowest BCUT2D eigenvalue weighted by Crippen LogP contribution is -2.02. The molecule has 100 valence electrons. The SMILES string of the molecule is Cc1c(CNc2ccc(F)c(C#N)c2)cc(C#N)n1C. The number of rotatable bonds is 3. The summed E-state index contributed by atoms with van der Waals surface area (Å²) in [5.74, 6) is -0.527. The smallest absolute Gasteiger partial charge is 0.141 e. The van der Waals surface area contributed by atoms with Crippen molar-refractivity contribution in [3.05, 3.63) is 52.6 Å². The normalized spacial score (nSPS) is 9.85. The Hall–Kier alpha value is -2.79. The van der Waals surface area contributed by atoms with Gasteiger partial charge in [-0.1, -0.05) is 0 Å². The Bertz CT molecular complexity index is 732. The highest BCUT2D eigenvalue weighted by atomic mass is 19.1. The number of anilines is 1. The van der Waals surface area contributed by atoms with E-state index in [1.54, 1.807) is 12.1 Å².